The van der Waals surface area contributed by atoms with Crippen molar-refractivity contribution in [2.45, 2.75) is 25.9 Å². The Labute approximate surface area is 111 Å². The topological polar surface area (TPSA) is 47.8 Å². The molecule has 2 aromatic heterocycles. The summed E-state index contributed by atoms with van der Waals surface area (Å²) >= 11 is 1.60. The van der Waals surface area contributed by atoms with Gasteiger partial charge < -0.3 is 14.8 Å². The summed E-state index contributed by atoms with van der Waals surface area (Å²) in [5.74, 6) is 0.683. The molecule has 0 fully saturated rings. The molecule has 0 aliphatic rings. The molecule has 0 radical (unpaired) electrons. The fourth-order valence-electron chi connectivity index (χ4n) is 1.87. The van der Waals surface area contributed by atoms with Gasteiger partial charge in [0.05, 0.1) is 13.7 Å². The van der Waals surface area contributed by atoms with Crippen molar-refractivity contribution in [2.24, 2.45) is 0 Å². The second-order valence-corrected chi connectivity index (χ2v) is 5.67. The lowest BCUT2D eigenvalue weighted by Crippen LogP contribution is -2.43. The highest BCUT2D eigenvalue weighted by molar-refractivity contribution is 7.15. The van der Waals surface area contributed by atoms with Crippen LogP contribution in [-0.2, 0) is 11.3 Å². The SMILES string of the molecule is COCC(C)(C)NCc1c(OC)nc2sccn12. The summed E-state index contributed by atoms with van der Waals surface area (Å²) in [4.78, 5) is 5.38. The van der Waals surface area contributed by atoms with E-state index in [0.29, 0.717) is 19.0 Å². The minimum Gasteiger partial charge on any atom is -0.480 e. The average Bonchev–Trinajstić information content (AvgIpc) is 2.86. The molecular formula is C12H19N3O2S. The minimum absolute atomic E-state index is 0.0834. The summed E-state index contributed by atoms with van der Waals surface area (Å²) in [6.45, 7) is 5.56. The monoisotopic (exact) mass is 269 g/mol. The van der Waals surface area contributed by atoms with Crippen molar-refractivity contribution in [3.63, 3.8) is 0 Å². The van der Waals surface area contributed by atoms with E-state index < -0.39 is 0 Å². The summed E-state index contributed by atoms with van der Waals surface area (Å²) in [7, 11) is 3.36. The number of nitrogens with one attached hydrogen (secondary N) is 1. The predicted octanol–water partition coefficient (Wildman–Crippen LogP) is 1.92. The van der Waals surface area contributed by atoms with E-state index in [4.69, 9.17) is 9.47 Å². The van der Waals surface area contributed by atoms with Gasteiger partial charge in [0.2, 0.25) is 5.88 Å². The zero-order valence-corrected chi connectivity index (χ0v) is 12.0. The van der Waals surface area contributed by atoms with E-state index in [1.165, 1.54) is 0 Å². The summed E-state index contributed by atoms with van der Waals surface area (Å²) in [6, 6.07) is 0. The molecule has 2 heterocycles. The van der Waals surface area contributed by atoms with Crippen LogP contribution in [0.1, 0.15) is 19.5 Å². The van der Waals surface area contributed by atoms with Gasteiger partial charge in [-0.3, -0.25) is 4.40 Å². The van der Waals surface area contributed by atoms with Crippen molar-refractivity contribution in [1.29, 1.82) is 0 Å². The van der Waals surface area contributed by atoms with Crippen molar-refractivity contribution >= 4 is 16.3 Å². The molecule has 0 unspecified atom stereocenters. The van der Waals surface area contributed by atoms with Crippen LogP contribution >= 0.6 is 11.3 Å². The molecule has 0 saturated heterocycles. The molecule has 6 heteroatoms. The van der Waals surface area contributed by atoms with E-state index in [-0.39, 0.29) is 5.54 Å². The largest absolute Gasteiger partial charge is 0.480 e. The first kappa shape index (κ1) is 13.3. The first-order valence-corrected chi connectivity index (χ1v) is 6.68. The average molecular weight is 269 g/mol. The fourth-order valence-corrected chi connectivity index (χ4v) is 2.60. The third-order valence-electron chi connectivity index (χ3n) is 2.76. The van der Waals surface area contributed by atoms with Gasteiger partial charge in [0.25, 0.3) is 0 Å². The molecule has 100 valence electrons. The van der Waals surface area contributed by atoms with Crippen molar-refractivity contribution in [3.05, 3.63) is 17.3 Å². The highest BCUT2D eigenvalue weighted by Gasteiger charge is 2.20. The minimum atomic E-state index is -0.0834. The molecule has 0 spiro atoms. The smallest absolute Gasteiger partial charge is 0.237 e. The number of hydrogen-bond donors (Lipinski definition) is 1. The quantitative estimate of drug-likeness (QED) is 0.870. The molecule has 0 aliphatic heterocycles. The fraction of sp³-hybridized carbons (Fsp3) is 0.583. The number of ether oxygens (including phenoxy) is 2. The van der Waals surface area contributed by atoms with Gasteiger partial charge in [0.15, 0.2) is 4.96 Å². The maximum atomic E-state index is 5.32. The van der Waals surface area contributed by atoms with Gasteiger partial charge in [-0.2, -0.15) is 4.98 Å². The van der Waals surface area contributed by atoms with Crippen LogP contribution in [0.3, 0.4) is 0 Å². The normalized spacial score (nSPS) is 12.2. The third kappa shape index (κ3) is 2.66. The van der Waals surface area contributed by atoms with E-state index >= 15 is 0 Å². The molecule has 0 amide bonds. The molecule has 0 aromatic carbocycles. The van der Waals surface area contributed by atoms with Gasteiger partial charge >= 0.3 is 0 Å². The van der Waals surface area contributed by atoms with E-state index in [2.05, 4.69) is 28.5 Å². The number of fused-ring (bicyclic) bond motifs is 1. The molecule has 2 rings (SSSR count). The molecule has 0 aliphatic carbocycles. The van der Waals surface area contributed by atoms with Crippen LogP contribution in [0.4, 0.5) is 0 Å². The highest BCUT2D eigenvalue weighted by Crippen LogP contribution is 2.23. The second kappa shape index (κ2) is 5.26. The van der Waals surface area contributed by atoms with Gasteiger partial charge in [-0.1, -0.05) is 0 Å². The Hall–Kier alpha value is -1.11. The predicted molar refractivity (Wildman–Crippen MR) is 72.4 cm³/mol. The first-order chi connectivity index (χ1) is 8.57. The van der Waals surface area contributed by atoms with Gasteiger partial charge in [-0.25, -0.2) is 0 Å². The molecule has 1 N–H and O–H groups in total. The maximum Gasteiger partial charge on any atom is 0.237 e. The van der Waals surface area contributed by atoms with Gasteiger partial charge in [0.1, 0.15) is 5.69 Å². The van der Waals surface area contributed by atoms with Crippen LogP contribution in [0.15, 0.2) is 11.6 Å². The van der Waals surface area contributed by atoms with Crippen LogP contribution in [-0.4, -0.2) is 35.8 Å². The number of thiazole rings is 1. The van der Waals surface area contributed by atoms with Crippen LogP contribution in [0, 0.1) is 0 Å². The van der Waals surface area contributed by atoms with Crippen molar-refractivity contribution < 1.29 is 9.47 Å². The first-order valence-electron chi connectivity index (χ1n) is 5.80. The van der Waals surface area contributed by atoms with Crippen molar-refractivity contribution in [2.75, 3.05) is 20.8 Å². The van der Waals surface area contributed by atoms with Crippen LogP contribution in [0.2, 0.25) is 0 Å². The van der Waals surface area contributed by atoms with Gasteiger partial charge in [0, 0.05) is 30.8 Å². The molecular weight excluding hydrogens is 250 g/mol. The van der Waals surface area contributed by atoms with E-state index in [9.17, 15) is 0 Å². The standard InChI is InChI=1S/C12H19N3O2S/c1-12(2,8-16-3)13-7-9-10(17-4)14-11-15(9)5-6-18-11/h5-6,13H,7-8H2,1-4H3. The molecule has 0 atom stereocenters. The highest BCUT2D eigenvalue weighted by atomic mass is 32.1. The van der Waals surface area contributed by atoms with Crippen LogP contribution in [0.5, 0.6) is 5.88 Å². The Morgan fingerprint density at radius 1 is 1.44 bits per heavy atom. The lowest BCUT2D eigenvalue weighted by molar-refractivity contribution is 0.127. The Balaban J connectivity index is 2.17. The van der Waals surface area contributed by atoms with Crippen molar-refractivity contribution in [3.8, 4) is 5.88 Å². The Bertz CT molecular complexity index is 518. The Morgan fingerprint density at radius 3 is 2.89 bits per heavy atom. The molecule has 0 saturated carbocycles. The zero-order valence-electron chi connectivity index (χ0n) is 11.2. The summed E-state index contributed by atoms with van der Waals surface area (Å²) < 4.78 is 12.6. The number of methoxy groups -OCH3 is 2. The molecule has 5 nitrogen and oxygen atoms in total. The van der Waals surface area contributed by atoms with E-state index in [1.807, 2.05) is 11.6 Å². The van der Waals surface area contributed by atoms with Gasteiger partial charge in [-0.15, -0.1) is 11.3 Å². The number of nitrogens with zero attached hydrogens (tertiary/aromatic N) is 2. The molecule has 2 aromatic rings. The van der Waals surface area contributed by atoms with Crippen LogP contribution < -0.4 is 10.1 Å². The summed E-state index contributed by atoms with van der Waals surface area (Å²) in [5.41, 5.74) is 0.956. The maximum absolute atomic E-state index is 5.32. The molecule has 18 heavy (non-hydrogen) atoms. The Kier molecular flexibility index (Phi) is 3.89. The number of rotatable bonds is 6. The zero-order chi connectivity index (χ0) is 13.2. The Morgan fingerprint density at radius 2 is 2.22 bits per heavy atom. The summed E-state index contributed by atoms with van der Waals surface area (Å²) in [6.07, 6.45) is 2.01. The van der Waals surface area contributed by atoms with Gasteiger partial charge in [-0.05, 0) is 13.8 Å². The third-order valence-corrected chi connectivity index (χ3v) is 3.51. The lowest BCUT2D eigenvalue weighted by Gasteiger charge is -2.25. The number of imidazole rings is 1. The second-order valence-electron chi connectivity index (χ2n) is 4.79. The van der Waals surface area contributed by atoms with Crippen molar-refractivity contribution in [1.82, 2.24) is 14.7 Å². The van der Waals surface area contributed by atoms with E-state index in [0.717, 1.165) is 10.7 Å². The molecule has 0 bridgehead atoms. The number of hydrogen-bond acceptors (Lipinski definition) is 5. The number of aromatic nitrogens is 2. The van der Waals surface area contributed by atoms with Crippen LogP contribution in [0.25, 0.3) is 4.96 Å². The van der Waals surface area contributed by atoms with E-state index in [1.54, 1.807) is 25.6 Å². The summed E-state index contributed by atoms with van der Waals surface area (Å²) in [5, 5.41) is 5.48. The lowest BCUT2D eigenvalue weighted by atomic mass is 10.1.